The Labute approximate surface area is 106 Å². The zero-order chi connectivity index (χ0) is 13.3. The molecule has 1 aromatic carbocycles. The average Bonchev–Trinajstić information content (AvgIpc) is 2.53. The van der Waals surface area contributed by atoms with Gasteiger partial charge in [0.05, 0.1) is 12.1 Å². The lowest BCUT2D eigenvalue weighted by Gasteiger charge is -2.13. The number of hydrogen-bond acceptors (Lipinski definition) is 5. The third-order valence-corrected chi connectivity index (χ3v) is 3.41. The predicted octanol–water partition coefficient (Wildman–Crippen LogP) is 1.44. The molecule has 1 aromatic rings. The number of thioether (sulfide) groups is 1. The van der Waals surface area contributed by atoms with Crippen LogP contribution >= 0.6 is 11.8 Å². The molecule has 1 aliphatic heterocycles. The van der Waals surface area contributed by atoms with Crippen molar-refractivity contribution >= 4 is 34.6 Å². The zero-order valence-electron chi connectivity index (χ0n) is 9.07. The van der Waals surface area contributed by atoms with Crippen LogP contribution in [0.2, 0.25) is 0 Å². The summed E-state index contributed by atoms with van der Waals surface area (Å²) in [6, 6.07) is 5.69. The average molecular weight is 267 g/mol. The molecule has 1 aliphatic rings. The fourth-order valence-electron chi connectivity index (χ4n) is 1.61. The van der Waals surface area contributed by atoms with E-state index in [2.05, 4.69) is 0 Å². The van der Waals surface area contributed by atoms with Gasteiger partial charge in [0.25, 0.3) is 5.24 Å². The maximum atomic E-state index is 11.9. The molecular weight excluding hydrogens is 258 g/mol. The van der Waals surface area contributed by atoms with E-state index in [1.807, 2.05) is 0 Å². The molecule has 0 spiro atoms. The Morgan fingerprint density at radius 3 is 2.72 bits per heavy atom. The number of anilines is 1. The Morgan fingerprint density at radius 2 is 2.11 bits per heavy atom. The lowest BCUT2D eigenvalue weighted by atomic mass is 10.2. The lowest BCUT2D eigenvalue weighted by Crippen LogP contribution is -2.32. The van der Waals surface area contributed by atoms with Gasteiger partial charge in [0, 0.05) is 6.07 Å². The Bertz CT molecular complexity index is 530. The van der Waals surface area contributed by atoms with Crippen LogP contribution in [0.15, 0.2) is 24.3 Å². The molecule has 1 atom stereocenters. The minimum absolute atomic E-state index is 0.0696. The highest BCUT2D eigenvalue weighted by Gasteiger charge is 2.41. The van der Waals surface area contributed by atoms with Crippen molar-refractivity contribution in [2.45, 2.75) is 11.7 Å². The molecule has 94 valence electrons. The molecule has 0 aliphatic carbocycles. The van der Waals surface area contributed by atoms with Gasteiger partial charge in [-0.3, -0.25) is 14.4 Å². The van der Waals surface area contributed by atoms with Crippen LogP contribution in [0.5, 0.6) is 5.75 Å². The molecule has 0 aromatic heterocycles. The van der Waals surface area contributed by atoms with E-state index in [1.54, 1.807) is 0 Å². The van der Waals surface area contributed by atoms with E-state index in [0.29, 0.717) is 11.8 Å². The number of phenols is 1. The monoisotopic (exact) mass is 267 g/mol. The van der Waals surface area contributed by atoms with E-state index in [-0.39, 0.29) is 11.4 Å². The Hall–Kier alpha value is -2.02. The van der Waals surface area contributed by atoms with Gasteiger partial charge >= 0.3 is 5.97 Å². The number of carbonyl (C=O) groups is 3. The highest BCUT2D eigenvalue weighted by molar-refractivity contribution is 8.15. The quantitative estimate of drug-likeness (QED) is 0.860. The minimum atomic E-state index is -1.13. The number of hydrogen-bond donors (Lipinski definition) is 2. The third-order valence-electron chi connectivity index (χ3n) is 2.37. The Kier molecular flexibility index (Phi) is 3.24. The SMILES string of the molecule is O=C(O)CC1SC(=O)N(c2cccc(O)c2)C1=O. The van der Waals surface area contributed by atoms with Crippen LogP contribution < -0.4 is 4.90 Å². The second kappa shape index (κ2) is 4.69. The number of aromatic hydroxyl groups is 1. The number of amides is 2. The van der Waals surface area contributed by atoms with Gasteiger partial charge in [-0.1, -0.05) is 6.07 Å². The molecule has 6 nitrogen and oxygen atoms in total. The van der Waals surface area contributed by atoms with Crippen LogP contribution in [0.1, 0.15) is 6.42 Å². The first-order valence-corrected chi connectivity index (χ1v) is 5.92. The second-order valence-corrected chi connectivity index (χ2v) is 4.82. The first kappa shape index (κ1) is 12.4. The summed E-state index contributed by atoms with van der Waals surface area (Å²) >= 11 is 0.686. The molecule has 2 amide bonds. The van der Waals surface area contributed by atoms with Gasteiger partial charge < -0.3 is 10.2 Å². The summed E-state index contributed by atoms with van der Waals surface area (Å²) in [5.41, 5.74) is 0.241. The van der Waals surface area contributed by atoms with Crippen molar-refractivity contribution in [2.75, 3.05) is 4.90 Å². The molecule has 0 saturated carbocycles. The summed E-state index contributed by atoms with van der Waals surface area (Å²) in [6.45, 7) is 0. The first-order chi connectivity index (χ1) is 8.49. The number of carboxylic acid groups (broad SMARTS) is 1. The van der Waals surface area contributed by atoms with Crippen molar-refractivity contribution < 1.29 is 24.6 Å². The van der Waals surface area contributed by atoms with Crippen molar-refractivity contribution in [1.29, 1.82) is 0 Å². The first-order valence-electron chi connectivity index (χ1n) is 5.04. The standard InChI is InChI=1S/C11H9NO5S/c13-7-3-1-2-6(4-7)12-10(16)8(5-9(14)15)18-11(12)17/h1-4,8,13H,5H2,(H,14,15). The molecule has 7 heteroatoms. The Morgan fingerprint density at radius 1 is 1.39 bits per heavy atom. The summed E-state index contributed by atoms with van der Waals surface area (Å²) < 4.78 is 0. The molecule has 2 N–H and O–H groups in total. The number of imide groups is 1. The summed E-state index contributed by atoms with van der Waals surface area (Å²) in [6.07, 6.45) is -0.398. The van der Waals surface area contributed by atoms with Crippen LogP contribution in [-0.2, 0) is 9.59 Å². The second-order valence-electron chi connectivity index (χ2n) is 3.66. The van der Waals surface area contributed by atoms with Crippen LogP contribution in [0, 0.1) is 0 Å². The molecular formula is C11H9NO5S. The van der Waals surface area contributed by atoms with Crippen LogP contribution in [0.3, 0.4) is 0 Å². The van der Waals surface area contributed by atoms with E-state index in [1.165, 1.54) is 24.3 Å². The van der Waals surface area contributed by atoms with E-state index in [0.717, 1.165) is 4.90 Å². The normalized spacial score (nSPS) is 19.3. The third kappa shape index (κ3) is 2.30. The molecule has 18 heavy (non-hydrogen) atoms. The summed E-state index contributed by atoms with van der Waals surface area (Å²) in [5, 5.41) is 16.5. The zero-order valence-corrected chi connectivity index (χ0v) is 9.88. The highest BCUT2D eigenvalue weighted by Crippen LogP contribution is 2.34. The van der Waals surface area contributed by atoms with Crippen LogP contribution in [-0.4, -0.2) is 32.6 Å². The van der Waals surface area contributed by atoms with E-state index >= 15 is 0 Å². The van der Waals surface area contributed by atoms with Crippen LogP contribution in [0.4, 0.5) is 10.5 Å². The summed E-state index contributed by atoms with van der Waals surface area (Å²) in [5.74, 6) is -1.77. The number of rotatable bonds is 3. The number of carboxylic acids is 1. The number of phenolic OH excluding ortho intramolecular Hbond substituents is 1. The molecule has 2 rings (SSSR count). The fraction of sp³-hybridized carbons (Fsp3) is 0.182. The van der Waals surface area contributed by atoms with Gasteiger partial charge in [-0.2, -0.15) is 0 Å². The smallest absolute Gasteiger partial charge is 0.305 e. The van der Waals surface area contributed by atoms with E-state index in [9.17, 15) is 19.5 Å². The van der Waals surface area contributed by atoms with Gasteiger partial charge in [0.2, 0.25) is 5.91 Å². The van der Waals surface area contributed by atoms with Crippen molar-refractivity contribution in [3.05, 3.63) is 24.3 Å². The molecule has 1 saturated heterocycles. The minimum Gasteiger partial charge on any atom is -0.508 e. The van der Waals surface area contributed by atoms with Crippen molar-refractivity contribution in [1.82, 2.24) is 0 Å². The fourth-order valence-corrected chi connectivity index (χ4v) is 2.59. The van der Waals surface area contributed by atoms with Gasteiger partial charge in [-0.15, -0.1) is 0 Å². The predicted molar refractivity (Wildman–Crippen MR) is 64.6 cm³/mol. The molecule has 1 fully saturated rings. The summed E-state index contributed by atoms with van der Waals surface area (Å²) in [7, 11) is 0. The van der Waals surface area contributed by atoms with E-state index < -0.39 is 28.8 Å². The van der Waals surface area contributed by atoms with Crippen molar-refractivity contribution in [2.24, 2.45) is 0 Å². The number of aliphatic carboxylic acids is 1. The number of nitrogens with zero attached hydrogens (tertiary/aromatic N) is 1. The summed E-state index contributed by atoms with van der Waals surface area (Å²) in [4.78, 5) is 35.0. The maximum Gasteiger partial charge on any atom is 0.305 e. The molecule has 0 bridgehead atoms. The number of benzene rings is 1. The van der Waals surface area contributed by atoms with Crippen molar-refractivity contribution in [3.8, 4) is 5.75 Å². The van der Waals surface area contributed by atoms with Crippen LogP contribution in [0.25, 0.3) is 0 Å². The van der Waals surface area contributed by atoms with Gasteiger partial charge in [-0.25, -0.2) is 4.90 Å². The maximum absolute atomic E-state index is 11.9. The van der Waals surface area contributed by atoms with Gasteiger partial charge in [-0.05, 0) is 23.9 Å². The van der Waals surface area contributed by atoms with Gasteiger partial charge in [0.15, 0.2) is 0 Å². The Balaban J connectivity index is 2.27. The molecule has 0 radical (unpaired) electrons. The lowest BCUT2D eigenvalue weighted by molar-refractivity contribution is -0.138. The molecule has 1 unspecified atom stereocenters. The van der Waals surface area contributed by atoms with Crippen molar-refractivity contribution in [3.63, 3.8) is 0 Å². The highest BCUT2D eigenvalue weighted by atomic mass is 32.2. The largest absolute Gasteiger partial charge is 0.508 e. The number of carbonyl (C=O) groups excluding carboxylic acids is 2. The topological polar surface area (TPSA) is 94.9 Å². The molecule has 1 heterocycles. The van der Waals surface area contributed by atoms with Gasteiger partial charge in [0.1, 0.15) is 11.0 Å². The van der Waals surface area contributed by atoms with E-state index in [4.69, 9.17) is 5.11 Å².